The lowest BCUT2D eigenvalue weighted by Gasteiger charge is -2.09. The molecular weight excluding hydrogens is 574 g/mol. The standard InChI is InChI=1S/C31H24BrN3O5/c1-38-24-16-17-25(39-2)28-27(24)26(19-8-4-3-5-9-19)29(34-28)30(36)35-33-18-21-10-6-7-11-23(21)40-31(37)20-12-14-22(32)15-13-20/h3-18,34H,1-2H3,(H,35,36). The van der Waals surface area contributed by atoms with Crippen LogP contribution in [0.25, 0.3) is 22.0 Å². The Bertz CT molecular complexity index is 1710. The third kappa shape index (κ3) is 5.45. The molecule has 0 saturated carbocycles. The van der Waals surface area contributed by atoms with Gasteiger partial charge in [-0.25, -0.2) is 10.2 Å². The van der Waals surface area contributed by atoms with E-state index in [2.05, 4.69) is 31.4 Å². The van der Waals surface area contributed by atoms with Crippen molar-refractivity contribution in [3.05, 3.63) is 112 Å². The molecule has 0 aliphatic heterocycles. The second kappa shape index (κ2) is 11.9. The molecule has 0 bridgehead atoms. The van der Waals surface area contributed by atoms with Gasteiger partial charge in [0.1, 0.15) is 22.9 Å². The summed E-state index contributed by atoms with van der Waals surface area (Å²) in [5.41, 5.74) is 5.89. The van der Waals surface area contributed by atoms with Crippen molar-refractivity contribution in [1.82, 2.24) is 10.4 Å². The Labute approximate surface area is 238 Å². The van der Waals surface area contributed by atoms with Crippen LogP contribution < -0.4 is 19.6 Å². The highest BCUT2D eigenvalue weighted by atomic mass is 79.9. The van der Waals surface area contributed by atoms with Crippen molar-refractivity contribution in [3.63, 3.8) is 0 Å². The van der Waals surface area contributed by atoms with Crippen molar-refractivity contribution >= 4 is 44.9 Å². The average Bonchev–Trinajstić information content (AvgIpc) is 3.39. The minimum Gasteiger partial charge on any atom is -0.496 e. The van der Waals surface area contributed by atoms with Gasteiger partial charge in [0.25, 0.3) is 5.91 Å². The van der Waals surface area contributed by atoms with E-state index < -0.39 is 11.9 Å². The molecule has 0 saturated heterocycles. The van der Waals surface area contributed by atoms with Gasteiger partial charge in [0.15, 0.2) is 0 Å². The number of halogens is 1. The van der Waals surface area contributed by atoms with E-state index in [1.807, 2.05) is 30.3 Å². The lowest BCUT2D eigenvalue weighted by Crippen LogP contribution is -2.19. The molecule has 0 aliphatic rings. The monoisotopic (exact) mass is 597 g/mol. The average molecular weight is 598 g/mol. The number of fused-ring (bicyclic) bond motifs is 1. The highest BCUT2D eigenvalue weighted by Crippen LogP contribution is 2.42. The number of hydrogen-bond acceptors (Lipinski definition) is 6. The van der Waals surface area contributed by atoms with E-state index in [0.717, 1.165) is 10.0 Å². The van der Waals surface area contributed by atoms with Crippen LogP contribution in [0.15, 0.2) is 101 Å². The number of hydrazone groups is 1. The van der Waals surface area contributed by atoms with E-state index in [0.29, 0.717) is 44.8 Å². The van der Waals surface area contributed by atoms with Crippen molar-refractivity contribution in [2.75, 3.05) is 14.2 Å². The molecular formula is C31H24BrN3O5. The number of methoxy groups -OCH3 is 2. The number of aromatic amines is 1. The maximum absolute atomic E-state index is 13.4. The topological polar surface area (TPSA) is 102 Å². The summed E-state index contributed by atoms with van der Waals surface area (Å²) in [6.07, 6.45) is 1.42. The number of carbonyl (C=O) groups excluding carboxylic acids is 2. The Morgan fingerprint density at radius 1 is 0.825 bits per heavy atom. The predicted molar refractivity (Wildman–Crippen MR) is 157 cm³/mol. The van der Waals surface area contributed by atoms with Crippen LogP contribution >= 0.6 is 15.9 Å². The first-order valence-corrected chi connectivity index (χ1v) is 13.0. The van der Waals surface area contributed by atoms with E-state index in [9.17, 15) is 9.59 Å². The highest BCUT2D eigenvalue weighted by molar-refractivity contribution is 9.10. The van der Waals surface area contributed by atoms with E-state index in [-0.39, 0.29) is 5.69 Å². The molecule has 0 unspecified atom stereocenters. The van der Waals surface area contributed by atoms with Gasteiger partial charge in [-0.3, -0.25) is 4.79 Å². The van der Waals surface area contributed by atoms with E-state index in [1.54, 1.807) is 74.9 Å². The lowest BCUT2D eigenvalue weighted by atomic mass is 10.0. The molecule has 0 atom stereocenters. The first-order valence-electron chi connectivity index (χ1n) is 12.2. The molecule has 4 aromatic carbocycles. The largest absolute Gasteiger partial charge is 0.496 e. The van der Waals surface area contributed by atoms with Crippen LogP contribution in [0.3, 0.4) is 0 Å². The van der Waals surface area contributed by atoms with Crippen molar-refractivity contribution in [3.8, 4) is 28.4 Å². The molecule has 5 aromatic rings. The number of benzene rings is 4. The van der Waals surface area contributed by atoms with Gasteiger partial charge in [-0.1, -0.05) is 58.4 Å². The molecule has 40 heavy (non-hydrogen) atoms. The van der Waals surface area contributed by atoms with E-state index >= 15 is 0 Å². The number of aromatic nitrogens is 1. The molecule has 200 valence electrons. The van der Waals surface area contributed by atoms with Gasteiger partial charge in [0.05, 0.1) is 36.9 Å². The van der Waals surface area contributed by atoms with Crippen molar-refractivity contribution < 1.29 is 23.8 Å². The van der Waals surface area contributed by atoms with Crippen molar-refractivity contribution in [2.24, 2.45) is 5.10 Å². The third-order valence-corrected chi connectivity index (χ3v) is 6.71. The highest BCUT2D eigenvalue weighted by Gasteiger charge is 2.24. The van der Waals surface area contributed by atoms with Gasteiger partial charge < -0.3 is 19.2 Å². The Hall–Kier alpha value is -4.89. The van der Waals surface area contributed by atoms with Crippen LogP contribution in [0.2, 0.25) is 0 Å². The summed E-state index contributed by atoms with van der Waals surface area (Å²) in [4.78, 5) is 29.3. The third-order valence-electron chi connectivity index (χ3n) is 6.18. The number of rotatable bonds is 8. The van der Waals surface area contributed by atoms with Crippen LogP contribution in [0.1, 0.15) is 26.4 Å². The summed E-state index contributed by atoms with van der Waals surface area (Å²) in [5, 5.41) is 4.87. The zero-order chi connectivity index (χ0) is 28.1. The van der Waals surface area contributed by atoms with Crippen LogP contribution in [0.5, 0.6) is 17.2 Å². The van der Waals surface area contributed by atoms with E-state index in [4.69, 9.17) is 14.2 Å². The van der Waals surface area contributed by atoms with Gasteiger partial charge in [-0.15, -0.1) is 0 Å². The minimum atomic E-state index is -0.508. The predicted octanol–water partition coefficient (Wildman–Crippen LogP) is 6.60. The molecule has 0 spiro atoms. The Balaban J connectivity index is 1.44. The molecule has 0 radical (unpaired) electrons. The van der Waals surface area contributed by atoms with Gasteiger partial charge in [0, 0.05) is 15.6 Å². The first kappa shape index (κ1) is 26.7. The summed E-state index contributed by atoms with van der Waals surface area (Å²) in [5.74, 6) is 0.483. The molecule has 0 aliphatic carbocycles. The van der Waals surface area contributed by atoms with Gasteiger partial charge in [0.2, 0.25) is 0 Å². The number of ether oxygens (including phenoxy) is 3. The smallest absolute Gasteiger partial charge is 0.343 e. The quantitative estimate of drug-likeness (QED) is 0.0908. The fraction of sp³-hybridized carbons (Fsp3) is 0.0645. The van der Waals surface area contributed by atoms with Crippen LogP contribution in [-0.2, 0) is 0 Å². The molecule has 0 fully saturated rings. The van der Waals surface area contributed by atoms with Crippen LogP contribution in [0.4, 0.5) is 0 Å². The summed E-state index contributed by atoms with van der Waals surface area (Å²) >= 11 is 3.35. The molecule has 5 rings (SSSR count). The summed E-state index contributed by atoms with van der Waals surface area (Å²) in [6.45, 7) is 0. The number of amides is 1. The fourth-order valence-corrected chi connectivity index (χ4v) is 4.56. The normalized spacial score (nSPS) is 11.0. The number of para-hydroxylation sites is 1. The number of nitrogens with zero attached hydrogens (tertiary/aromatic N) is 1. The van der Waals surface area contributed by atoms with Crippen LogP contribution in [0, 0.1) is 0 Å². The summed E-state index contributed by atoms with van der Waals surface area (Å²) in [6, 6.07) is 26.9. The number of nitrogens with one attached hydrogen (secondary N) is 2. The Morgan fingerprint density at radius 3 is 2.23 bits per heavy atom. The number of carbonyl (C=O) groups is 2. The molecule has 1 amide bonds. The number of esters is 1. The SMILES string of the molecule is COc1ccc(OC)c2c(-c3ccccc3)c(C(=O)NN=Cc3ccccc3OC(=O)c3ccc(Br)cc3)[nH]c12. The maximum Gasteiger partial charge on any atom is 0.343 e. The lowest BCUT2D eigenvalue weighted by molar-refractivity contribution is 0.0734. The Kier molecular flexibility index (Phi) is 7.93. The molecule has 9 heteroatoms. The summed E-state index contributed by atoms with van der Waals surface area (Å²) < 4.78 is 17.6. The van der Waals surface area contributed by atoms with Crippen LogP contribution in [-0.4, -0.2) is 37.3 Å². The van der Waals surface area contributed by atoms with Gasteiger partial charge in [-0.2, -0.15) is 5.10 Å². The minimum absolute atomic E-state index is 0.288. The maximum atomic E-state index is 13.4. The molecule has 2 N–H and O–H groups in total. The van der Waals surface area contributed by atoms with Crippen molar-refractivity contribution in [1.29, 1.82) is 0 Å². The van der Waals surface area contributed by atoms with Gasteiger partial charge >= 0.3 is 5.97 Å². The van der Waals surface area contributed by atoms with Gasteiger partial charge in [-0.05, 0) is 54.1 Å². The fourth-order valence-electron chi connectivity index (χ4n) is 4.29. The van der Waals surface area contributed by atoms with Crippen molar-refractivity contribution in [2.45, 2.75) is 0 Å². The zero-order valence-corrected chi connectivity index (χ0v) is 23.2. The summed E-state index contributed by atoms with van der Waals surface area (Å²) in [7, 11) is 3.14. The first-order chi connectivity index (χ1) is 19.5. The molecule has 1 aromatic heterocycles. The zero-order valence-electron chi connectivity index (χ0n) is 21.6. The van der Waals surface area contributed by atoms with E-state index in [1.165, 1.54) is 6.21 Å². The number of hydrogen-bond donors (Lipinski definition) is 2. The second-order valence-electron chi connectivity index (χ2n) is 8.59. The molecule has 1 heterocycles. The number of H-pyrrole nitrogens is 1. The second-order valence-corrected chi connectivity index (χ2v) is 9.51. The Morgan fingerprint density at radius 2 is 1.50 bits per heavy atom. The molecule has 8 nitrogen and oxygen atoms in total.